The van der Waals surface area contributed by atoms with E-state index in [4.69, 9.17) is 10.3 Å². The number of halogens is 2. The molecule has 3 aromatic rings. The van der Waals surface area contributed by atoms with E-state index >= 15 is 0 Å². The molecule has 0 saturated heterocycles. The van der Waals surface area contributed by atoms with Gasteiger partial charge in [-0.3, -0.25) is 0 Å². The lowest BCUT2D eigenvalue weighted by Gasteiger charge is -2.08. The molecule has 0 unspecified atom stereocenters. The molecule has 106 valence electrons. The van der Waals surface area contributed by atoms with Gasteiger partial charge in [0.15, 0.2) is 0 Å². The van der Waals surface area contributed by atoms with Crippen molar-refractivity contribution in [1.82, 2.24) is 5.16 Å². The van der Waals surface area contributed by atoms with Gasteiger partial charge in [-0.15, -0.1) is 0 Å². The molecule has 3 rings (SSSR count). The van der Waals surface area contributed by atoms with Crippen molar-refractivity contribution in [2.24, 2.45) is 0 Å². The molecule has 0 aliphatic carbocycles. The molecule has 21 heavy (non-hydrogen) atoms. The molecule has 2 aromatic carbocycles. The maximum absolute atomic E-state index is 6.01. The van der Waals surface area contributed by atoms with Crippen LogP contribution in [0.25, 0.3) is 22.4 Å². The Morgan fingerprint density at radius 3 is 2.38 bits per heavy atom. The fraction of sp³-hybridized carbons (Fsp3) is 0.0625. The van der Waals surface area contributed by atoms with Gasteiger partial charge >= 0.3 is 0 Å². The Morgan fingerprint density at radius 2 is 1.62 bits per heavy atom. The Kier molecular flexibility index (Phi) is 3.87. The number of rotatable bonds is 2. The summed E-state index contributed by atoms with van der Waals surface area (Å²) in [5, 5.41) is 4.16. The second kappa shape index (κ2) is 5.66. The van der Waals surface area contributed by atoms with Crippen LogP contribution in [-0.4, -0.2) is 5.16 Å². The van der Waals surface area contributed by atoms with Gasteiger partial charge < -0.3 is 10.3 Å². The molecule has 0 saturated carbocycles. The van der Waals surface area contributed by atoms with Gasteiger partial charge in [0.2, 0.25) is 5.88 Å². The average molecular weight is 408 g/mol. The van der Waals surface area contributed by atoms with Crippen molar-refractivity contribution in [2.45, 2.75) is 6.92 Å². The SMILES string of the molecule is Cc1c(Br)cccc1-c1noc(N)c1-c1ccccc1Br. The third-order valence-electron chi connectivity index (χ3n) is 3.38. The van der Waals surface area contributed by atoms with Crippen LogP contribution in [-0.2, 0) is 0 Å². The molecule has 0 fully saturated rings. The van der Waals surface area contributed by atoms with Crippen molar-refractivity contribution < 1.29 is 4.52 Å². The molecule has 0 aliphatic rings. The van der Waals surface area contributed by atoms with E-state index in [1.807, 2.05) is 49.4 Å². The minimum absolute atomic E-state index is 0.316. The Balaban J connectivity index is 2.28. The molecule has 0 aliphatic heterocycles. The third kappa shape index (κ3) is 2.51. The first kappa shape index (κ1) is 14.4. The molecule has 0 radical (unpaired) electrons. The predicted molar refractivity (Wildman–Crippen MR) is 91.9 cm³/mol. The van der Waals surface area contributed by atoms with E-state index in [1.165, 1.54) is 0 Å². The zero-order valence-electron chi connectivity index (χ0n) is 11.2. The smallest absolute Gasteiger partial charge is 0.230 e. The number of nitrogen functional groups attached to an aromatic ring is 1. The number of nitrogens with two attached hydrogens (primary N) is 1. The summed E-state index contributed by atoms with van der Waals surface area (Å²) in [5.41, 5.74) is 10.6. The van der Waals surface area contributed by atoms with E-state index in [2.05, 4.69) is 37.0 Å². The fourth-order valence-electron chi connectivity index (χ4n) is 2.27. The highest BCUT2D eigenvalue weighted by atomic mass is 79.9. The van der Waals surface area contributed by atoms with Gasteiger partial charge in [0.05, 0.1) is 5.56 Å². The van der Waals surface area contributed by atoms with E-state index in [0.29, 0.717) is 5.88 Å². The van der Waals surface area contributed by atoms with Gasteiger partial charge in [-0.05, 0) is 24.6 Å². The van der Waals surface area contributed by atoms with Crippen molar-refractivity contribution in [3.8, 4) is 22.4 Å². The van der Waals surface area contributed by atoms with Crippen LogP contribution in [0.3, 0.4) is 0 Å². The van der Waals surface area contributed by atoms with Crippen LogP contribution in [0.1, 0.15) is 5.56 Å². The number of hydrogen-bond donors (Lipinski definition) is 1. The van der Waals surface area contributed by atoms with E-state index in [9.17, 15) is 0 Å². The number of nitrogens with zero attached hydrogens (tertiary/aromatic N) is 1. The van der Waals surface area contributed by atoms with Crippen molar-refractivity contribution in [3.63, 3.8) is 0 Å². The quantitative estimate of drug-likeness (QED) is 0.616. The van der Waals surface area contributed by atoms with Crippen molar-refractivity contribution >= 4 is 37.7 Å². The molecule has 0 amide bonds. The van der Waals surface area contributed by atoms with Gasteiger partial charge in [0, 0.05) is 20.1 Å². The number of anilines is 1. The lowest BCUT2D eigenvalue weighted by Crippen LogP contribution is -1.91. The van der Waals surface area contributed by atoms with Crippen molar-refractivity contribution in [2.75, 3.05) is 5.73 Å². The summed E-state index contributed by atoms with van der Waals surface area (Å²) in [5.74, 6) is 0.316. The first-order valence-corrected chi connectivity index (χ1v) is 7.93. The first-order valence-electron chi connectivity index (χ1n) is 6.35. The minimum Gasteiger partial charge on any atom is -0.367 e. The predicted octanol–water partition coefficient (Wildman–Crippen LogP) is 5.42. The summed E-state index contributed by atoms with van der Waals surface area (Å²) in [4.78, 5) is 0. The maximum Gasteiger partial charge on any atom is 0.230 e. The molecule has 1 heterocycles. The van der Waals surface area contributed by atoms with E-state index in [1.54, 1.807) is 0 Å². The first-order chi connectivity index (χ1) is 10.1. The largest absolute Gasteiger partial charge is 0.367 e. The normalized spacial score (nSPS) is 10.8. The number of hydrogen-bond acceptors (Lipinski definition) is 3. The second-order valence-corrected chi connectivity index (χ2v) is 6.37. The van der Waals surface area contributed by atoms with Crippen LogP contribution in [0.5, 0.6) is 0 Å². The molecular weight excluding hydrogens is 396 g/mol. The highest BCUT2D eigenvalue weighted by Gasteiger charge is 2.20. The van der Waals surface area contributed by atoms with Gasteiger partial charge in [0.1, 0.15) is 5.69 Å². The number of aromatic nitrogens is 1. The van der Waals surface area contributed by atoms with Crippen LogP contribution in [0.2, 0.25) is 0 Å². The molecule has 2 N–H and O–H groups in total. The topological polar surface area (TPSA) is 52.0 Å². The minimum atomic E-state index is 0.316. The Bertz CT molecular complexity index is 812. The van der Waals surface area contributed by atoms with Crippen LogP contribution < -0.4 is 5.73 Å². The molecule has 3 nitrogen and oxygen atoms in total. The lowest BCUT2D eigenvalue weighted by molar-refractivity contribution is 0.439. The van der Waals surface area contributed by atoms with Gasteiger partial charge in [0.25, 0.3) is 0 Å². The highest BCUT2D eigenvalue weighted by Crippen LogP contribution is 2.41. The standard InChI is InChI=1S/C16H12Br2N2O/c1-9-10(6-4-8-12(9)17)15-14(16(19)21-20-15)11-5-2-3-7-13(11)18/h2-8H,19H2,1H3. The maximum atomic E-state index is 6.01. The fourth-order valence-corrected chi connectivity index (χ4v) is 3.12. The monoisotopic (exact) mass is 406 g/mol. The summed E-state index contributed by atoms with van der Waals surface area (Å²) in [7, 11) is 0. The van der Waals surface area contributed by atoms with Crippen LogP contribution in [0, 0.1) is 6.92 Å². The molecule has 5 heteroatoms. The summed E-state index contributed by atoms with van der Waals surface area (Å²) in [6, 6.07) is 13.9. The van der Waals surface area contributed by atoms with Crippen molar-refractivity contribution in [1.29, 1.82) is 0 Å². The molecule has 0 spiro atoms. The van der Waals surface area contributed by atoms with E-state index in [0.717, 1.165) is 36.9 Å². The van der Waals surface area contributed by atoms with Gasteiger partial charge in [-0.1, -0.05) is 67.3 Å². The lowest BCUT2D eigenvalue weighted by atomic mass is 9.98. The Labute approximate surface area is 139 Å². The van der Waals surface area contributed by atoms with Gasteiger partial charge in [-0.25, -0.2) is 0 Å². The zero-order chi connectivity index (χ0) is 15.0. The summed E-state index contributed by atoms with van der Waals surface area (Å²) >= 11 is 7.10. The van der Waals surface area contributed by atoms with E-state index in [-0.39, 0.29) is 0 Å². The Morgan fingerprint density at radius 1 is 0.952 bits per heavy atom. The molecular formula is C16H12Br2N2O. The molecule has 0 atom stereocenters. The van der Waals surface area contributed by atoms with Crippen molar-refractivity contribution in [3.05, 3.63) is 57.0 Å². The van der Waals surface area contributed by atoms with Crippen LogP contribution in [0.4, 0.5) is 5.88 Å². The van der Waals surface area contributed by atoms with Crippen LogP contribution in [0.15, 0.2) is 55.9 Å². The van der Waals surface area contributed by atoms with Gasteiger partial charge in [-0.2, -0.15) is 0 Å². The highest BCUT2D eigenvalue weighted by molar-refractivity contribution is 9.10. The Hall–Kier alpha value is -1.59. The summed E-state index contributed by atoms with van der Waals surface area (Å²) < 4.78 is 7.23. The van der Waals surface area contributed by atoms with E-state index < -0.39 is 0 Å². The third-order valence-corrected chi connectivity index (χ3v) is 4.94. The summed E-state index contributed by atoms with van der Waals surface area (Å²) in [6.45, 7) is 2.04. The molecule has 0 bridgehead atoms. The average Bonchev–Trinajstić information content (AvgIpc) is 2.84. The zero-order valence-corrected chi connectivity index (χ0v) is 14.4. The summed E-state index contributed by atoms with van der Waals surface area (Å²) in [6.07, 6.45) is 0. The second-order valence-electron chi connectivity index (χ2n) is 4.66. The van der Waals surface area contributed by atoms with Crippen LogP contribution >= 0.6 is 31.9 Å². The molecule has 1 aromatic heterocycles. The number of benzene rings is 2.